The third-order valence-electron chi connectivity index (χ3n) is 9.12. The van der Waals surface area contributed by atoms with Crippen LogP contribution in [0.4, 0.5) is 20.5 Å². The summed E-state index contributed by atoms with van der Waals surface area (Å²) in [5, 5.41) is 0. The number of benzene rings is 1. The highest BCUT2D eigenvalue weighted by Crippen LogP contribution is 2.62. The molecule has 4 aromatic heterocycles. The molecule has 2 aliphatic heterocycles. The number of hydrogen-bond acceptors (Lipinski definition) is 19. The van der Waals surface area contributed by atoms with Crippen LogP contribution in [0.25, 0.3) is 22.3 Å². The van der Waals surface area contributed by atoms with Gasteiger partial charge in [-0.1, -0.05) is 30.4 Å². The fourth-order valence-electron chi connectivity index (χ4n) is 6.20. The van der Waals surface area contributed by atoms with Gasteiger partial charge in [0.05, 0.1) is 25.9 Å². The number of nitrogens with two attached hydrogens (primary N) is 2. The van der Waals surface area contributed by atoms with Gasteiger partial charge >= 0.3 is 13.8 Å². The number of carbonyl (C=O) groups excluding carboxylic acids is 1. The zero-order valence-corrected chi connectivity index (χ0v) is 33.7. The van der Waals surface area contributed by atoms with Crippen LogP contribution >= 0.6 is 25.8 Å². The van der Waals surface area contributed by atoms with Gasteiger partial charge in [-0.2, -0.15) is 4.98 Å². The number of methoxy groups -OCH3 is 1. The summed E-state index contributed by atoms with van der Waals surface area (Å²) in [6, 6.07) is 6.39. The number of ether oxygens (including phenoxy) is 4. The normalized spacial score (nSPS) is 29.6. The summed E-state index contributed by atoms with van der Waals surface area (Å²) in [6.45, 7) is -3.95. The first kappa shape index (κ1) is 42.7. The first-order valence-corrected chi connectivity index (χ1v) is 22.7. The minimum Gasteiger partial charge on any atom is -0.427 e. The Morgan fingerprint density at radius 2 is 1.75 bits per heavy atom. The highest BCUT2D eigenvalue weighted by molar-refractivity contribution is 8.56. The Balaban J connectivity index is 1.22. The molecule has 0 radical (unpaired) electrons. The van der Waals surface area contributed by atoms with Gasteiger partial charge in [-0.15, -0.1) is 0 Å². The number of carbonyl (C=O) groups is 1. The second kappa shape index (κ2) is 17.7. The molecule has 1 aromatic carbocycles. The van der Waals surface area contributed by atoms with Crippen LogP contribution in [0, 0.1) is 0 Å². The Morgan fingerprint density at radius 3 is 2.47 bits per heavy atom. The van der Waals surface area contributed by atoms with E-state index in [1.54, 1.807) is 24.3 Å². The summed E-state index contributed by atoms with van der Waals surface area (Å²) in [5.74, 6) is -0.460. The molecule has 22 nitrogen and oxygen atoms in total. The van der Waals surface area contributed by atoms with Crippen molar-refractivity contribution in [2.45, 2.75) is 68.6 Å². The molecular formula is C32H38F2N10O12P2S. The number of hydrogen-bond donors (Lipinski definition) is 4. The van der Waals surface area contributed by atoms with E-state index in [9.17, 15) is 23.6 Å². The van der Waals surface area contributed by atoms with Crippen molar-refractivity contribution in [2.24, 2.45) is 0 Å². The number of fused-ring (bicyclic) bond motifs is 3. The third-order valence-corrected chi connectivity index (χ3v) is 14.1. The van der Waals surface area contributed by atoms with Crippen LogP contribution in [0.3, 0.4) is 0 Å². The fraction of sp³-hybridized carbons (Fsp3) is 0.469. The standard InChI is InChI=1S/C32H38F2N10O12P2S/c1-3-4-20(45)54-17-7-5-16(6-8-17)11-59-57(47)15-51-25-19(55-30(22(25)34)43-13-39-23-26(35)37-12-38-27(23)43)10-53-58(48,49)56-31(21(33)18(50-2)9-52-57)44-14-40-24-28(44)41-32(36)42-29(24)46/h5-8,12-14,18-19,21-22,25,30-31H,3-4,9-11,15H2,1-2H3,(H,48,49)(H2,35,37,38)(H3,36,41,42,46)/t18-,19-,21-,22-,25-,30-,31-,57?/m1/s1. The van der Waals surface area contributed by atoms with E-state index >= 15 is 8.78 Å². The Kier molecular flexibility index (Phi) is 12.8. The van der Waals surface area contributed by atoms with Crippen LogP contribution in [0.15, 0.2) is 48.0 Å². The molecule has 0 aliphatic carbocycles. The van der Waals surface area contributed by atoms with Gasteiger partial charge in [0.2, 0.25) is 5.95 Å². The highest BCUT2D eigenvalue weighted by Gasteiger charge is 2.50. The number of aromatic nitrogens is 8. The fourth-order valence-corrected chi connectivity index (χ4v) is 10.4. The number of phosphoric ester groups is 1. The smallest absolute Gasteiger partial charge is 0.427 e. The van der Waals surface area contributed by atoms with E-state index in [4.69, 9.17) is 44.0 Å². The van der Waals surface area contributed by atoms with Crippen molar-refractivity contribution in [2.75, 3.05) is 38.1 Å². The van der Waals surface area contributed by atoms with Crippen LogP contribution in [-0.2, 0) is 47.5 Å². The largest absolute Gasteiger partial charge is 0.474 e. The minimum atomic E-state index is -5.35. The van der Waals surface area contributed by atoms with Gasteiger partial charge < -0.3 is 39.8 Å². The van der Waals surface area contributed by atoms with Gasteiger partial charge in [0, 0.05) is 19.3 Å². The van der Waals surface area contributed by atoms with Crippen LogP contribution in [-0.4, -0.2) is 107 Å². The van der Waals surface area contributed by atoms with Gasteiger partial charge in [0.15, 0.2) is 47.4 Å². The molecule has 9 atom stereocenters. The molecule has 0 amide bonds. The first-order valence-electron chi connectivity index (χ1n) is 17.8. The lowest BCUT2D eigenvalue weighted by Crippen LogP contribution is -2.38. The lowest BCUT2D eigenvalue weighted by Gasteiger charge is -2.31. The molecule has 0 saturated carbocycles. The SMILES string of the molecule is CCCC(=O)Oc1ccc(CSP2(=O)CO[C@H]3[C@@H](F)[C@H](n4cnc5c(N)ncnc54)O[C@@H]3COP(=O)(O)O[C@@H](n3cnc4c(=O)[nH]c(N)nc43)[C@H](F)[C@H](OC)CO2)cc1. The van der Waals surface area contributed by atoms with E-state index < -0.39 is 88.6 Å². The molecule has 5 aromatic rings. The predicted octanol–water partition coefficient (Wildman–Crippen LogP) is 3.55. The monoisotopic (exact) mass is 886 g/mol. The average Bonchev–Trinajstić information content (AvgIpc) is 3.91. The summed E-state index contributed by atoms with van der Waals surface area (Å²) in [7, 11) is -4.25. The van der Waals surface area contributed by atoms with E-state index in [0.717, 1.165) is 35.7 Å². The molecule has 59 heavy (non-hydrogen) atoms. The van der Waals surface area contributed by atoms with E-state index in [0.29, 0.717) is 17.7 Å². The maximum absolute atomic E-state index is 16.8. The number of imidazole rings is 2. The Hall–Kier alpha value is -4.42. The van der Waals surface area contributed by atoms with Crippen molar-refractivity contribution in [3.05, 3.63) is 59.2 Å². The molecule has 2 aliphatic rings. The molecule has 6 N–H and O–H groups in total. The van der Waals surface area contributed by atoms with Gasteiger partial charge in [-0.05, 0) is 24.1 Å². The van der Waals surface area contributed by atoms with Gasteiger partial charge in [0.1, 0.15) is 42.3 Å². The quantitative estimate of drug-likeness (QED) is 0.0934. The molecule has 2 saturated heterocycles. The number of rotatable bonds is 9. The summed E-state index contributed by atoms with van der Waals surface area (Å²) in [4.78, 5) is 57.8. The number of aromatic amines is 1. The van der Waals surface area contributed by atoms with Gasteiger partial charge in [-0.3, -0.25) is 37.3 Å². The zero-order valence-electron chi connectivity index (χ0n) is 31.1. The van der Waals surface area contributed by atoms with Crippen molar-refractivity contribution in [1.29, 1.82) is 0 Å². The maximum atomic E-state index is 16.8. The van der Waals surface area contributed by atoms with Crippen molar-refractivity contribution in [3.8, 4) is 5.75 Å². The number of nitrogens with zero attached hydrogens (tertiary/aromatic N) is 7. The molecule has 0 bridgehead atoms. The molecule has 2 fully saturated rings. The summed E-state index contributed by atoms with van der Waals surface area (Å²) in [5.41, 5.74) is 11.0. The number of anilines is 2. The van der Waals surface area contributed by atoms with E-state index in [-0.39, 0.29) is 46.3 Å². The van der Waals surface area contributed by atoms with Gasteiger partial charge in [-0.25, -0.2) is 33.3 Å². The lowest BCUT2D eigenvalue weighted by molar-refractivity contribution is -0.134. The van der Waals surface area contributed by atoms with E-state index in [2.05, 4.69) is 29.9 Å². The van der Waals surface area contributed by atoms with E-state index in [1.807, 2.05) is 6.92 Å². The minimum absolute atomic E-state index is 0.00392. The number of nitrogen functional groups attached to an aromatic ring is 2. The number of alkyl halides is 2. The second-order valence-corrected chi connectivity index (χ2v) is 19.3. The Morgan fingerprint density at radius 1 is 1.02 bits per heavy atom. The Bertz CT molecular complexity index is 2460. The highest BCUT2D eigenvalue weighted by atomic mass is 32.7. The number of phosphoric acid groups is 1. The van der Waals surface area contributed by atoms with Crippen LogP contribution in [0.2, 0.25) is 0 Å². The number of nitrogens with one attached hydrogen (secondary N) is 1. The van der Waals surface area contributed by atoms with Crippen molar-refractivity contribution < 1.29 is 60.1 Å². The number of H-pyrrole nitrogens is 1. The first-order chi connectivity index (χ1) is 28.2. The molecule has 0 spiro atoms. The van der Waals surface area contributed by atoms with Crippen molar-refractivity contribution in [1.82, 2.24) is 39.0 Å². The zero-order chi connectivity index (χ0) is 42.1. The second-order valence-electron chi connectivity index (χ2n) is 13.2. The third kappa shape index (κ3) is 9.33. The summed E-state index contributed by atoms with van der Waals surface area (Å²) < 4.78 is 103. The summed E-state index contributed by atoms with van der Waals surface area (Å²) in [6.07, 6.45) is -9.70. The maximum Gasteiger partial charge on any atom is 0.474 e. The molecule has 27 heteroatoms. The lowest BCUT2D eigenvalue weighted by atomic mass is 10.1. The average molecular weight is 887 g/mol. The van der Waals surface area contributed by atoms with Crippen molar-refractivity contribution in [3.63, 3.8) is 0 Å². The summed E-state index contributed by atoms with van der Waals surface area (Å²) >= 11 is 0.784. The van der Waals surface area contributed by atoms with Crippen LogP contribution in [0.1, 0.15) is 37.8 Å². The topological polar surface area (TPSA) is 295 Å². The van der Waals surface area contributed by atoms with Crippen LogP contribution in [0.5, 0.6) is 5.75 Å². The van der Waals surface area contributed by atoms with Crippen molar-refractivity contribution >= 4 is 65.8 Å². The molecule has 6 heterocycles. The van der Waals surface area contributed by atoms with Gasteiger partial charge in [0.25, 0.3) is 12.1 Å². The molecular weight excluding hydrogens is 848 g/mol. The molecule has 318 valence electrons. The Labute approximate surface area is 336 Å². The molecule has 2 unspecified atom stereocenters. The van der Waals surface area contributed by atoms with E-state index in [1.165, 1.54) is 10.9 Å². The molecule has 7 rings (SSSR count). The number of halogens is 2. The predicted molar refractivity (Wildman–Crippen MR) is 204 cm³/mol. The number of esters is 1. The van der Waals surface area contributed by atoms with Crippen LogP contribution < -0.4 is 21.8 Å².